The number of aromatic nitrogens is 2. The molecule has 9 nitrogen and oxygen atoms in total. The third-order valence-corrected chi connectivity index (χ3v) is 6.15. The van der Waals surface area contributed by atoms with E-state index >= 15 is 0 Å². The fourth-order valence-electron chi connectivity index (χ4n) is 1.81. The lowest BCUT2D eigenvalue weighted by Crippen LogP contribution is -2.27. The molecule has 12 heteroatoms. The molecule has 2 rings (SSSR count). The predicted molar refractivity (Wildman–Crippen MR) is 106 cm³/mol. The minimum atomic E-state index is -4.06. The number of sulfonamides is 1. The highest BCUT2D eigenvalue weighted by Gasteiger charge is 2.25. The van der Waals surface area contributed by atoms with Gasteiger partial charge >= 0.3 is 5.97 Å². The third-order valence-electron chi connectivity index (χ3n) is 3.25. The molecule has 0 saturated heterocycles. The maximum Gasteiger partial charge on any atom is 0.339 e. The minimum absolute atomic E-state index is 0.0362. The monoisotopic (exact) mass is 446 g/mol. The highest BCUT2D eigenvalue weighted by molar-refractivity contribution is 7.94. The highest BCUT2D eigenvalue weighted by Crippen LogP contribution is 2.27. The number of amides is 1. The number of anilines is 2. The quantitative estimate of drug-likeness (QED) is 0.515. The lowest BCUT2D eigenvalue weighted by molar-refractivity contribution is -0.123. The molecule has 1 amide bonds. The number of halogens is 1. The smallest absolute Gasteiger partial charge is 0.339 e. The molecular formula is C16H19ClN4O5S2. The Kier molecular flexibility index (Phi) is 6.63. The molecule has 0 aliphatic carbocycles. The van der Waals surface area contributed by atoms with Crippen LogP contribution in [0, 0.1) is 5.41 Å². The van der Waals surface area contributed by atoms with E-state index in [0.29, 0.717) is 11.3 Å². The van der Waals surface area contributed by atoms with E-state index in [4.69, 9.17) is 16.3 Å². The predicted octanol–water partition coefficient (Wildman–Crippen LogP) is 3.15. The molecule has 0 atom stereocenters. The summed E-state index contributed by atoms with van der Waals surface area (Å²) in [6, 6.07) is 4.01. The van der Waals surface area contributed by atoms with Gasteiger partial charge in [0.15, 0.2) is 0 Å². The first-order chi connectivity index (χ1) is 12.9. The summed E-state index contributed by atoms with van der Waals surface area (Å²) in [5, 5.41) is 9.91. The zero-order chi connectivity index (χ0) is 21.1. The normalized spacial score (nSPS) is 11.8. The van der Waals surface area contributed by atoms with Crippen LogP contribution in [0.1, 0.15) is 38.1 Å². The van der Waals surface area contributed by atoms with Crippen molar-refractivity contribution in [3.63, 3.8) is 0 Å². The van der Waals surface area contributed by atoms with Crippen LogP contribution < -0.4 is 10.0 Å². The molecule has 0 aliphatic heterocycles. The zero-order valence-electron chi connectivity index (χ0n) is 15.6. The van der Waals surface area contributed by atoms with Crippen molar-refractivity contribution in [1.29, 1.82) is 0 Å². The largest absolute Gasteiger partial charge is 0.462 e. The van der Waals surface area contributed by atoms with E-state index in [2.05, 4.69) is 20.2 Å². The summed E-state index contributed by atoms with van der Waals surface area (Å²) in [6.45, 7) is 6.99. The Labute approximate surface area is 171 Å². The molecule has 1 aromatic heterocycles. The van der Waals surface area contributed by atoms with Crippen molar-refractivity contribution in [2.24, 2.45) is 5.41 Å². The molecule has 28 heavy (non-hydrogen) atoms. The number of hydrogen-bond acceptors (Lipinski definition) is 8. The number of carbonyl (C=O) groups excluding carboxylic acids is 2. The Morgan fingerprint density at radius 1 is 1.25 bits per heavy atom. The summed E-state index contributed by atoms with van der Waals surface area (Å²) >= 11 is 6.74. The second-order valence-electron chi connectivity index (χ2n) is 6.60. The topological polar surface area (TPSA) is 127 Å². The van der Waals surface area contributed by atoms with Crippen LogP contribution in [0.4, 0.5) is 10.8 Å². The Balaban J connectivity index is 2.17. The van der Waals surface area contributed by atoms with Gasteiger partial charge in [0.25, 0.3) is 14.4 Å². The first-order valence-corrected chi connectivity index (χ1v) is 10.8. The van der Waals surface area contributed by atoms with Gasteiger partial charge in [0, 0.05) is 5.41 Å². The van der Waals surface area contributed by atoms with Gasteiger partial charge in [-0.15, -0.1) is 10.2 Å². The van der Waals surface area contributed by atoms with E-state index in [1.165, 1.54) is 18.2 Å². The van der Waals surface area contributed by atoms with Gasteiger partial charge in [-0.1, -0.05) is 43.7 Å². The summed E-state index contributed by atoms with van der Waals surface area (Å²) in [5.74, 6) is -0.924. The molecule has 1 heterocycles. The maximum atomic E-state index is 12.5. The highest BCUT2D eigenvalue weighted by atomic mass is 35.5. The van der Waals surface area contributed by atoms with Gasteiger partial charge in [-0.2, -0.15) is 8.42 Å². The molecule has 0 fully saturated rings. The Morgan fingerprint density at radius 3 is 2.50 bits per heavy atom. The van der Waals surface area contributed by atoms with E-state index in [1.807, 2.05) is 0 Å². The van der Waals surface area contributed by atoms with Crippen molar-refractivity contribution in [3.8, 4) is 0 Å². The van der Waals surface area contributed by atoms with E-state index in [0.717, 1.165) is 0 Å². The van der Waals surface area contributed by atoms with Crippen LogP contribution in [0.15, 0.2) is 22.5 Å². The standard InChI is InChI=1S/C16H19ClN4O5S2/c1-5-26-12(22)10-7-6-9(8-11(10)17)21-28(24,25)15-20-19-14(27-15)18-13(23)16(2,3)4/h6-8,21H,5H2,1-4H3,(H,18,19,23). The molecule has 0 spiro atoms. The lowest BCUT2D eigenvalue weighted by atomic mass is 9.96. The number of carbonyl (C=O) groups is 2. The Bertz CT molecular complexity index is 999. The maximum absolute atomic E-state index is 12.5. The number of nitrogens with one attached hydrogen (secondary N) is 2. The molecule has 0 bridgehead atoms. The van der Waals surface area contributed by atoms with Gasteiger partial charge in [-0.05, 0) is 25.1 Å². The number of hydrogen-bond donors (Lipinski definition) is 2. The summed E-state index contributed by atoms with van der Waals surface area (Å²) in [7, 11) is -4.06. The van der Waals surface area contributed by atoms with Gasteiger partial charge in [-0.3, -0.25) is 9.52 Å². The second kappa shape index (κ2) is 8.41. The van der Waals surface area contributed by atoms with E-state index in [9.17, 15) is 18.0 Å². The van der Waals surface area contributed by atoms with Crippen LogP contribution in [0.3, 0.4) is 0 Å². The van der Waals surface area contributed by atoms with Crippen LogP contribution in [0.25, 0.3) is 0 Å². The van der Waals surface area contributed by atoms with Gasteiger partial charge in [0.1, 0.15) is 0 Å². The fourth-order valence-corrected chi connectivity index (χ4v) is 4.01. The van der Waals surface area contributed by atoms with Crippen LogP contribution >= 0.6 is 22.9 Å². The summed E-state index contributed by atoms with van der Waals surface area (Å²) in [6.07, 6.45) is 0. The zero-order valence-corrected chi connectivity index (χ0v) is 18.0. The lowest BCUT2D eigenvalue weighted by Gasteiger charge is -2.15. The molecule has 0 radical (unpaired) electrons. The van der Waals surface area contributed by atoms with Crippen LogP contribution in [0.5, 0.6) is 0 Å². The SMILES string of the molecule is CCOC(=O)c1ccc(NS(=O)(=O)c2nnc(NC(=O)C(C)(C)C)s2)cc1Cl. The number of esters is 1. The van der Waals surface area contributed by atoms with Crippen molar-refractivity contribution in [1.82, 2.24) is 10.2 Å². The van der Waals surface area contributed by atoms with Crippen molar-refractivity contribution in [2.75, 3.05) is 16.6 Å². The summed E-state index contributed by atoms with van der Waals surface area (Å²) < 4.78 is 31.8. The Hall–Kier alpha value is -2.24. The van der Waals surface area contributed by atoms with Gasteiger partial charge in [0.05, 0.1) is 22.9 Å². The number of benzene rings is 1. The first kappa shape index (κ1) is 22.1. The molecule has 0 aliphatic rings. The average Bonchev–Trinajstić information content (AvgIpc) is 3.03. The summed E-state index contributed by atoms with van der Waals surface area (Å²) in [4.78, 5) is 23.7. The molecular weight excluding hydrogens is 428 g/mol. The van der Waals surface area contributed by atoms with E-state index < -0.39 is 21.4 Å². The number of rotatable bonds is 6. The molecule has 1 aromatic carbocycles. The fraction of sp³-hybridized carbons (Fsp3) is 0.375. The number of ether oxygens (including phenoxy) is 1. The van der Waals surface area contributed by atoms with Crippen LogP contribution in [0.2, 0.25) is 5.02 Å². The van der Waals surface area contributed by atoms with Gasteiger partial charge < -0.3 is 10.1 Å². The van der Waals surface area contributed by atoms with Crippen molar-refractivity contribution in [3.05, 3.63) is 28.8 Å². The van der Waals surface area contributed by atoms with E-state index in [1.54, 1.807) is 27.7 Å². The summed E-state index contributed by atoms with van der Waals surface area (Å²) in [5.41, 5.74) is -0.413. The van der Waals surface area contributed by atoms with Crippen LogP contribution in [-0.4, -0.2) is 37.1 Å². The molecule has 2 aromatic rings. The molecule has 152 valence electrons. The Morgan fingerprint density at radius 2 is 1.93 bits per heavy atom. The van der Waals surface area contributed by atoms with Crippen molar-refractivity contribution in [2.45, 2.75) is 32.0 Å². The first-order valence-electron chi connectivity index (χ1n) is 8.08. The molecule has 0 unspecified atom stereocenters. The van der Waals surface area contributed by atoms with Gasteiger partial charge in [-0.25, -0.2) is 4.79 Å². The van der Waals surface area contributed by atoms with Crippen LogP contribution in [-0.2, 0) is 19.6 Å². The number of nitrogens with zero attached hydrogens (tertiary/aromatic N) is 2. The average molecular weight is 447 g/mol. The molecule has 0 saturated carbocycles. The second-order valence-corrected chi connectivity index (χ2v) is 9.84. The third kappa shape index (κ3) is 5.40. The minimum Gasteiger partial charge on any atom is -0.462 e. The van der Waals surface area contributed by atoms with E-state index in [-0.39, 0.29) is 38.3 Å². The van der Waals surface area contributed by atoms with Gasteiger partial charge in [0.2, 0.25) is 11.0 Å². The molecule has 2 N–H and O–H groups in total. The van der Waals surface area contributed by atoms with Crippen molar-refractivity contribution >= 4 is 55.7 Å². The van der Waals surface area contributed by atoms with Crippen molar-refractivity contribution < 1.29 is 22.7 Å².